The van der Waals surface area contributed by atoms with E-state index in [4.69, 9.17) is 5.11 Å². The Labute approximate surface area is 113 Å². The van der Waals surface area contributed by atoms with Crippen LogP contribution in [0.1, 0.15) is 26.1 Å². The fourth-order valence-corrected chi connectivity index (χ4v) is 2.30. The maximum atomic E-state index is 10.9. The highest BCUT2D eigenvalue weighted by molar-refractivity contribution is 5.84. The molecule has 0 saturated carbocycles. The largest absolute Gasteiger partial charge is 0.481 e. The molecule has 3 aromatic rings. The van der Waals surface area contributed by atoms with Gasteiger partial charge in [0, 0.05) is 6.42 Å². The lowest BCUT2D eigenvalue weighted by Crippen LogP contribution is -2.21. The van der Waals surface area contributed by atoms with Gasteiger partial charge >= 0.3 is 5.97 Å². The number of carboxylic acid groups (broad SMARTS) is 1. The third-order valence-corrected chi connectivity index (χ3v) is 3.17. The van der Waals surface area contributed by atoms with Crippen LogP contribution in [-0.4, -0.2) is 40.6 Å². The highest BCUT2D eigenvalue weighted by Crippen LogP contribution is 2.26. The highest BCUT2D eigenvalue weighted by atomic mass is 16.4. The first-order valence-electron chi connectivity index (χ1n) is 6.20. The van der Waals surface area contributed by atoms with E-state index in [2.05, 4.69) is 25.1 Å². The Morgan fingerprint density at radius 1 is 1.40 bits per heavy atom. The Morgan fingerprint density at radius 2 is 2.20 bits per heavy atom. The fourth-order valence-electron chi connectivity index (χ4n) is 2.30. The summed E-state index contributed by atoms with van der Waals surface area (Å²) in [6.07, 6.45) is 3.74. The zero-order valence-corrected chi connectivity index (χ0v) is 11.2. The molecule has 0 atom stereocenters. The van der Waals surface area contributed by atoms with Crippen molar-refractivity contribution in [3.63, 3.8) is 0 Å². The van der Waals surface area contributed by atoms with Crippen LogP contribution in [0.4, 0.5) is 0 Å². The molecule has 20 heavy (non-hydrogen) atoms. The average Bonchev–Trinajstić information content (AvgIpc) is 2.92. The molecule has 0 aliphatic rings. The number of aromatic amines is 1. The van der Waals surface area contributed by atoms with Crippen molar-refractivity contribution < 1.29 is 9.90 Å². The third kappa shape index (κ3) is 2.09. The maximum absolute atomic E-state index is 10.9. The fraction of sp³-hybridized carbons (Fsp3) is 0.417. The first kappa shape index (κ1) is 12.5. The van der Waals surface area contributed by atoms with E-state index >= 15 is 0 Å². The van der Waals surface area contributed by atoms with E-state index in [1.165, 1.54) is 0 Å². The van der Waals surface area contributed by atoms with Crippen LogP contribution >= 0.6 is 0 Å². The smallest absolute Gasteiger partial charge is 0.303 e. The summed E-state index contributed by atoms with van der Waals surface area (Å²) >= 11 is 0. The number of H-pyrrole nitrogens is 1. The standard InChI is InChI=1S/C12H14N6O2/c1-12(2,4-8(19)20)3-7-16-17-11-9-10(14-5-13-9)15-6-18(7)11/h5-6H,3-4H2,1-2H3,(H,13,14)(H,19,20). The van der Waals surface area contributed by atoms with Gasteiger partial charge in [-0.2, -0.15) is 0 Å². The SMILES string of the molecule is CC(C)(CC(=O)O)Cc1nnc2c3[nH]cnc3ncn12. The molecule has 2 N–H and O–H groups in total. The highest BCUT2D eigenvalue weighted by Gasteiger charge is 2.25. The lowest BCUT2D eigenvalue weighted by Gasteiger charge is -2.20. The van der Waals surface area contributed by atoms with E-state index in [1.54, 1.807) is 17.1 Å². The molecular weight excluding hydrogens is 260 g/mol. The molecule has 3 aromatic heterocycles. The molecule has 3 heterocycles. The number of nitrogens with one attached hydrogen (secondary N) is 1. The van der Waals surface area contributed by atoms with Gasteiger partial charge in [-0.3, -0.25) is 9.20 Å². The second-order valence-corrected chi connectivity index (χ2v) is 5.57. The normalized spacial score (nSPS) is 12.3. The summed E-state index contributed by atoms with van der Waals surface area (Å²) in [5, 5.41) is 17.2. The lowest BCUT2D eigenvalue weighted by molar-refractivity contribution is -0.139. The Morgan fingerprint density at radius 3 is 2.95 bits per heavy atom. The van der Waals surface area contributed by atoms with Crippen LogP contribution in [0.2, 0.25) is 0 Å². The van der Waals surface area contributed by atoms with Gasteiger partial charge in [-0.25, -0.2) is 9.97 Å². The topological polar surface area (TPSA) is 109 Å². The number of hydrogen-bond donors (Lipinski definition) is 2. The van der Waals surface area contributed by atoms with Crippen LogP contribution in [0, 0.1) is 5.41 Å². The summed E-state index contributed by atoms with van der Waals surface area (Å²) in [6, 6.07) is 0. The van der Waals surface area contributed by atoms with Gasteiger partial charge in [0.2, 0.25) is 0 Å². The molecule has 104 valence electrons. The van der Waals surface area contributed by atoms with E-state index in [1.807, 2.05) is 13.8 Å². The predicted molar refractivity (Wildman–Crippen MR) is 70.2 cm³/mol. The van der Waals surface area contributed by atoms with Gasteiger partial charge in [0.15, 0.2) is 11.3 Å². The van der Waals surface area contributed by atoms with Gasteiger partial charge in [0.1, 0.15) is 17.7 Å². The number of imidazole rings is 1. The van der Waals surface area contributed by atoms with E-state index < -0.39 is 11.4 Å². The quantitative estimate of drug-likeness (QED) is 0.735. The molecule has 0 aliphatic carbocycles. The summed E-state index contributed by atoms with van der Waals surface area (Å²) in [5.74, 6) is -0.131. The molecule has 0 amide bonds. The van der Waals surface area contributed by atoms with E-state index in [9.17, 15) is 4.79 Å². The van der Waals surface area contributed by atoms with Crippen LogP contribution in [0.5, 0.6) is 0 Å². The van der Waals surface area contributed by atoms with Gasteiger partial charge in [-0.05, 0) is 5.41 Å². The summed E-state index contributed by atoms with van der Waals surface area (Å²) in [7, 11) is 0. The molecule has 8 nitrogen and oxygen atoms in total. The minimum atomic E-state index is -0.821. The number of carbonyl (C=O) groups is 1. The molecule has 0 aromatic carbocycles. The van der Waals surface area contributed by atoms with Crippen LogP contribution < -0.4 is 0 Å². The number of rotatable bonds is 4. The van der Waals surface area contributed by atoms with Gasteiger partial charge < -0.3 is 10.1 Å². The van der Waals surface area contributed by atoms with Crippen molar-refractivity contribution in [2.45, 2.75) is 26.7 Å². The average molecular weight is 274 g/mol. The first-order chi connectivity index (χ1) is 9.46. The molecule has 0 radical (unpaired) electrons. The second kappa shape index (κ2) is 4.26. The number of fused-ring (bicyclic) bond motifs is 3. The van der Waals surface area contributed by atoms with Crippen molar-refractivity contribution in [2.75, 3.05) is 0 Å². The van der Waals surface area contributed by atoms with Crippen molar-refractivity contribution in [2.24, 2.45) is 5.41 Å². The minimum absolute atomic E-state index is 0.0711. The molecule has 0 spiro atoms. The van der Waals surface area contributed by atoms with Gasteiger partial charge in [-0.15, -0.1) is 10.2 Å². The number of aliphatic carboxylic acids is 1. The zero-order chi connectivity index (χ0) is 14.3. The summed E-state index contributed by atoms with van der Waals surface area (Å²) in [5.41, 5.74) is 1.55. The molecule has 0 saturated heterocycles. The molecule has 0 aliphatic heterocycles. The number of hydrogen-bond acceptors (Lipinski definition) is 5. The Hall–Kier alpha value is -2.51. The Kier molecular flexibility index (Phi) is 2.66. The molecular formula is C12H14N6O2. The second-order valence-electron chi connectivity index (χ2n) is 5.57. The van der Waals surface area contributed by atoms with E-state index in [0.29, 0.717) is 23.5 Å². The monoisotopic (exact) mass is 274 g/mol. The maximum Gasteiger partial charge on any atom is 0.303 e. The molecule has 0 fully saturated rings. The zero-order valence-electron chi connectivity index (χ0n) is 11.2. The lowest BCUT2D eigenvalue weighted by atomic mass is 9.85. The predicted octanol–water partition coefficient (Wildman–Crippen LogP) is 1.04. The first-order valence-corrected chi connectivity index (χ1v) is 6.20. The molecule has 0 unspecified atom stereocenters. The summed E-state index contributed by atoms with van der Waals surface area (Å²) < 4.78 is 1.77. The number of nitrogens with zero attached hydrogens (tertiary/aromatic N) is 5. The van der Waals surface area contributed by atoms with Crippen LogP contribution in [0.25, 0.3) is 16.8 Å². The number of carboxylic acids is 1. The molecule has 3 rings (SSSR count). The van der Waals surface area contributed by atoms with Crippen LogP contribution in [0.15, 0.2) is 12.7 Å². The molecule has 0 bridgehead atoms. The van der Waals surface area contributed by atoms with Gasteiger partial charge in [0.05, 0.1) is 12.7 Å². The van der Waals surface area contributed by atoms with E-state index in [-0.39, 0.29) is 6.42 Å². The van der Waals surface area contributed by atoms with Crippen molar-refractivity contribution in [3.8, 4) is 0 Å². The Balaban J connectivity index is 2.02. The Bertz CT molecular complexity index is 788. The van der Waals surface area contributed by atoms with Crippen LogP contribution in [-0.2, 0) is 11.2 Å². The summed E-state index contributed by atoms with van der Waals surface area (Å²) in [6.45, 7) is 3.79. The third-order valence-electron chi connectivity index (χ3n) is 3.17. The van der Waals surface area contributed by atoms with Gasteiger partial charge in [-0.1, -0.05) is 13.8 Å². The van der Waals surface area contributed by atoms with Crippen molar-refractivity contribution in [1.29, 1.82) is 0 Å². The molecule has 8 heteroatoms. The minimum Gasteiger partial charge on any atom is -0.481 e. The van der Waals surface area contributed by atoms with Crippen molar-refractivity contribution in [3.05, 3.63) is 18.5 Å². The van der Waals surface area contributed by atoms with E-state index in [0.717, 1.165) is 5.52 Å². The van der Waals surface area contributed by atoms with Crippen molar-refractivity contribution >= 4 is 22.8 Å². The number of aromatic nitrogens is 6. The van der Waals surface area contributed by atoms with Gasteiger partial charge in [0.25, 0.3) is 0 Å². The van der Waals surface area contributed by atoms with Crippen molar-refractivity contribution in [1.82, 2.24) is 29.5 Å². The van der Waals surface area contributed by atoms with Crippen LogP contribution in [0.3, 0.4) is 0 Å². The summed E-state index contributed by atoms with van der Waals surface area (Å²) in [4.78, 5) is 22.1.